The van der Waals surface area contributed by atoms with E-state index in [0.717, 1.165) is 24.8 Å². The van der Waals surface area contributed by atoms with Crippen molar-refractivity contribution in [2.45, 2.75) is 38.6 Å². The number of hydrogen-bond donors (Lipinski definition) is 4. The van der Waals surface area contributed by atoms with Crippen molar-refractivity contribution in [3.8, 4) is 23.0 Å². The molecule has 4 aromatic heterocycles. The fraction of sp³-hybridized carbons (Fsp3) is 0.321. The van der Waals surface area contributed by atoms with Crippen LogP contribution in [0.1, 0.15) is 37.7 Å². The van der Waals surface area contributed by atoms with Crippen LogP contribution < -0.4 is 10.6 Å². The Morgan fingerprint density at radius 2 is 1.62 bits per heavy atom. The molecule has 4 aromatic rings. The van der Waals surface area contributed by atoms with Crippen molar-refractivity contribution in [1.29, 1.82) is 0 Å². The molecule has 2 aliphatic rings. The fourth-order valence-electron chi connectivity index (χ4n) is 4.97. The fourth-order valence-corrected chi connectivity index (χ4v) is 4.97. The Kier molecular flexibility index (Phi) is 7.74. The number of carbonyl (C=O) groups excluding carboxylic acids is 3. The monoisotopic (exact) mass is 567 g/mol. The van der Waals surface area contributed by atoms with Crippen molar-refractivity contribution in [2.24, 2.45) is 11.8 Å². The highest BCUT2D eigenvalue weighted by Crippen LogP contribution is 2.23. The molecular weight excluding hydrogens is 538 g/mol. The number of aromatic amines is 2. The van der Waals surface area contributed by atoms with Crippen molar-refractivity contribution in [2.75, 3.05) is 17.2 Å². The third-order valence-corrected chi connectivity index (χ3v) is 7.32. The lowest BCUT2D eigenvalue weighted by Gasteiger charge is -2.30. The highest BCUT2D eigenvalue weighted by atomic mass is 16.2. The molecule has 1 aliphatic carbocycles. The van der Waals surface area contributed by atoms with E-state index in [4.69, 9.17) is 0 Å². The molecule has 6 rings (SSSR count). The molecular formula is C28H29N11O3. The van der Waals surface area contributed by atoms with E-state index < -0.39 is 5.92 Å². The van der Waals surface area contributed by atoms with Gasteiger partial charge in [-0.15, -0.1) is 10.2 Å². The second-order valence-electron chi connectivity index (χ2n) is 10.2. The molecule has 1 aliphatic heterocycles. The molecule has 0 bridgehead atoms. The van der Waals surface area contributed by atoms with Crippen molar-refractivity contribution in [3.05, 3.63) is 60.4 Å². The van der Waals surface area contributed by atoms with Crippen LogP contribution in [0.3, 0.4) is 0 Å². The lowest BCUT2D eigenvalue weighted by atomic mass is 9.94. The van der Waals surface area contributed by atoms with Gasteiger partial charge in [0.25, 0.3) is 0 Å². The first-order valence-corrected chi connectivity index (χ1v) is 13.8. The number of carbonyl (C=O) groups is 3. The van der Waals surface area contributed by atoms with Crippen LogP contribution in [0.25, 0.3) is 23.0 Å². The van der Waals surface area contributed by atoms with E-state index in [0.29, 0.717) is 42.5 Å². The summed E-state index contributed by atoms with van der Waals surface area (Å²) in [5, 5.41) is 19.2. The summed E-state index contributed by atoms with van der Waals surface area (Å²) in [6, 6.07) is 9.07. The maximum absolute atomic E-state index is 12.9. The number of anilines is 2. The van der Waals surface area contributed by atoms with Gasteiger partial charge in [0.05, 0.1) is 0 Å². The zero-order chi connectivity index (χ0) is 28.9. The van der Waals surface area contributed by atoms with Crippen LogP contribution in [-0.4, -0.2) is 69.5 Å². The molecule has 4 N–H and O–H groups in total. The molecule has 5 heterocycles. The maximum Gasteiger partial charge on any atom is 0.249 e. The Morgan fingerprint density at radius 3 is 2.24 bits per heavy atom. The van der Waals surface area contributed by atoms with Gasteiger partial charge >= 0.3 is 0 Å². The van der Waals surface area contributed by atoms with Gasteiger partial charge in [-0.25, -0.2) is 0 Å². The quantitative estimate of drug-likeness (QED) is 0.232. The second-order valence-corrected chi connectivity index (χ2v) is 10.2. The van der Waals surface area contributed by atoms with Crippen LogP contribution in [0.2, 0.25) is 0 Å². The summed E-state index contributed by atoms with van der Waals surface area (Å²) in [7, 11) is 0. The highest BCUT2D eigenvalue weighted by molar-refractivity contribution is 5.94. The van der Waals surface area contributed by atoms with Crippen molar-refractivity contribution in [3.63, 3.8) is 0 Å². The summed E-state index contributed by atoms with van der Waals surface area (Å²) in [6.07, 6.45) is 10.5. The Bertz CT molecular complexity index is 1600. The molecule has 14 heteroatoms. The Morgan fingerprint density at radius 1 is 0.881 bits per heavy atom. The summed E-state index contributed by atoms with van der Waals surface area (Å²) in [4.78, 5) is 57.1. The zero-order valence-corrected chi connectivity index (χ0v) is 22.7. The predicted octanol–water partition coefficient (Wildman–Crippen LogP) is 2.72. The molecule has 0 saturated carbocycles. The maximum atomic E-state index is 12.9. The molecule has 0 spiro atoms. The number of rotatable bonds is 8. The number of allylic oxidation sites excluding steroid dienone is 2. The van der Waals surface area contributed by atoms with Gasteiger partial charge < -0.3 is 4.90 Å². The number of hydrogen-bond acceptors (Lipinski definition) is 9. The molecule has 1 fully saturated rings. The minimum atomic E-state index is -0.471. The average Bonchev–Trinajstić information content (AvgIpc) is 3.69. The third kappa shape index (κ3) is 6.22. The van der Waals surface area contributed by atoms with Gasteiger partial charge in [-0.05, 0) is 49.4 Å². The van der Waals surface area contributed by atoms with Gasteiger partial charge in [0.2, 0.25) is 29.6 Å². The molecule has 2 unspecified atom stereocenters. The minimum Gasteiger partial charge on any atom is -0.338 e. The van der Waals surface area contributed by atoms with Gasteiger partial charge in [-0.1, -0.05) is 24.3 Å². The minimum absolute atomic E-state index is 0.0735. The van der Waals surface area contributed by atoms with Crippen LogP contribution >= 0.6 is 0 Å². The highest BCUT2D eigenvalue weighted by Gasteiger charge is 2.31. The summed E-state index contributed by atoms with van der Waals surface area (Å²) in [6.45, 7) is 0.816. The molecule has 42 heavy (non-hydrogen) atoms. The molecule has 1 saturated heterocycles. The Balaban J connectivity index is 0.993. The van der Waals surface area contributed by atoms with Crippen LogP contribution in [0.15, 0.2) is 54.9 Å². The lowest BCUT2D eigenvalue weighted by Crippen LogP contribution is -2.41. The summed E-state index contributed by atoms with van der Waals surface area (Å²) >= 11 is 0. The van der Waals surface area contributed by atoms with Crippen LogP contribution in [0.4, 0.5) is 11.9 Å². The first-order chi connectivity index (χ1) is 20.5. The van der Waals surface area contributed by atoms with E-state index in [9.17, 15) is 14.4 Å². The summed E-state index contributed by atoms with van der Waals surface area (Å²) in [5.41, 5.74) is 2.02. The number of aromatic nitrogens is 8. The number of likely N-dealkylation sites (tertiary alicyclic amines) is 1. The van der Waals surface area contributed by atoms with Crippen molar-refractivity contribution in [1.82, 2.24) is 45.2 Å². The molecule has 14 nitrogen and oxygen atoms in total. The van der Waals surface area contributed by atoms with Gasteiger partial charge in [0, 0.05) is 43.7 Å². The lowest BCUT2D eigenvalue weighted by molar-refractivity contribution is -0.139. The van der Waals surface area contributed by atoms with Crippen LogP contribution in [-0.2, 0) is 20.9 Å². The van der Waals surface area contributed by atoms with E-state index >= 15 is 0 Å². The SMILES string of the molecule is O=C(Nc1n[nH]c(-c2ccc(CN3CCC(C(=O)Nc4n[nH]c(-c5ccccn5)n4)CC3=O)cn2)n1)C1CC=CCC1. The number of nitrogens with zero attached hydrogens (tertiary/aromatic N) is 7. The van der Waals surface area contributed by atoms with Gasteiger partial charge in [0.15, 0.2) is 11.6 Å². The zero-order valence-electron chi connectivity index (χ0n) is 22.7. The van der Waals surface area contributed by atoms with E-state index in [1.54, 1.807) is 35.5 Å². The Labute approximate surface area is 240 Å². The first-order valence-electron chi connectivity index (χ1n) is 13.8. The summed E-state index contributed by atoms with van der Waals surface area (Å²) < 4.78 is 0. The summed E-state index contributed by atoms with van der Waals surface area (Å²) in [5.74, 6) is 0.192. The topological polar surface area (TPSA) is 187 Å². The molecule has 2 atom stereocenters. The van der Waals surface area contributed by atoms with E-state index in [-0.39, 0.29) is 42.0 Å². The van der Waals surface area contributed by atoms with E-state index in [1.807, 2.05) is 18.2 Å². The van der Waals surface area contributed by atoms with Crippen molar-refractivity contribution < 1.29 is 14.4 Å². The van der Waals surface area contributed by atoms with Crippen LogP contribution in [0, 0.1) is 11.8 Å². The largest absolute Gasteiger partial charge is 0.338 e. The number of pyridine rings is 2. The van der Waals surface area contributed by atoms with Gasteiger partial charge in [0.1, 0.15) is 11.4 Å². The number of amides is 3. The third-order valence-electron chi connectivity index (χ3n) is 7.32. The van der Waals surface area contributed by atoms with Gasteiger partial charge in [-0.3, -0.25) is 45.2 Å². The van der Waals surface area contributed by atoms with Gasteiger partial charge in [-0.2, -0.15) is 9.97 Å². The molecule has 0 radical (unpaired) electrons. The normalized spacial score (nSPS) is 18.6. The Hall–Kier alpha value is -5.27. The van der Waals surface area contributed by atoms with E-state index in [2.05, 4.69) is 57.0 Å². The molecule has 214 valence electrons. The number of H-pyrrole nitrogens is 2. The van der Waals surface area contributed by atoms with Crippen LogP contribution in [0.5, 0.6) is 0 Å². The number of piperidine rings is 1. The first kappa shape index (κ1) is 26.9. The molecule has 0 aromatic carbocycles. The smallest absolute Gasteiger partial charge is 0.249 e. The number of nitrogens with one attached hydrogen (secondary N) is 4. The average molecular weight is 568 g/mol. The second kappa shape index (κ2) is 12.1. The standard InChI is InChI=1S/C28H29N11O3/c40-22-14-19(26(42)34-28-31-23(35-38-28)20-8-4-5-12-29-20)11-13-39(22)16-17-9-10-21(30-15-17)24-32-27(37-36-24)33-25(41)18-6-2-1-3-7-18/h1-2,4-5,8-10,12,15,18-19H,3,6-7,11,13-14,16H2,(H2,31,34,35,38,42)(H2,32,33,36,37,41). The predicted molar refractivity (Wildman–Crippen MR) is 151 cm³/mol. The van der Waals surface area contributed by atoms with E-state index in [1.165, 1.54) is 0 Å². The molecule has 3 amide bonds. The van der Waals surface area contributed by atoms with Crippen molar-refractivity contribution >= 4 is 29.6 Å².